The number of nitrogens with zero attached hydrogens (tertiary/aromatic N) is 1. The monoisotopic (exact) mass is 242 g/mol. The summed E-state index contributed by atoms with van der Waals surface area (Å²) in [6, 6.07) is 1.42. The molecule has 1 heterocycles. The Hall–Kier alpha value is -0.120. The Morgan fingerprint density at radius 3 is 2.53 bits per heavy atom. The Bertz CT molecular complexity index is 181. The number of rotatable bonds is 8. The van der Waals surface area contributed by atoms with E-state index in [2.05, 4.69) is 31.1 Å². The van der Waals surface area contributed by atoms with Crippen molar-refractivity contribution in [3.8, 4) is 0 Å². The Balaban J connectivity index is 2.37. The van der Waals surface area contributed by atoms with Gasteiger partial charge in [0.1, 0.15) is 0 Å². The summed E-state index contributed by atoms with van der Waals surface area (Å²) >= 11 is 0. The van der Waals surface area contributed by atoms with Crippen molar-refractivity contribution in [2.75, 3.05) is 33.4 Å². The van der Waals surface area contributed by atoms with Crippen LogP contribution in [0.25, 0.3) is 0 Å². The second-order valence-corrected chi connectivity index (χ2v) is 5.16. The molecule has 0 radical (unpaired) electrons. The lowest BCUT2D eigenvalue weighted by molar-refractivity contribution is 0.0270. The zero-order valence-electron chi connectivity index (χ0n) is 11.9. The van der Waals surface area contributed by atoms with Crippen LogP contribution in [-0.4, -0.2) is 50.3 Å². The molecule has 0 bridgehead atoms. The van der Waals surface area contributed by atoms with E-state index in [9.17, 15) is 0 Å². The lowest BCUT2D eigenvalue weighted by Crippen LogP contribution is -2.47. The van der Waals surface area contributed by atoms with Gasteiger partial charge in [0.2, 0.25) is 0 Å². The van der Waals surface area contributed by atoms with Gasteiger partial charge in [-0.3, -0.25) is 4.90 Å². The third kappa shape index (κ3) is 5.36. The van der Waals surface area contributed by atoms with E-state index in [-0.39, 0.29) is 0 Å². The fraction of sp³-hybridized carbons (Fsp3) is 1.00. The van der Waals surface area contributed by atoms with Crippen LogP contribution in [0.3, 0.4) is 0 Å². The number of ether oxygens (including phenoxy) is 1. The van der Waals surface area contributed by atoms with Crippen molar-refractivity contribution in [3.63, 3.8) is 0 Å². The molecule has 1 fully saturated rings. The highest BCUT2D eigenvalue weighted by atomic mass is 16.5. The highest BCUT2D eigenvalue weighted by Crippen LogP contribution is 2.17. The topological polar surface area (TPSA) is 24.5 Å². The van der Waals surface area contributed by atoms with Crippen LogP contribution in [0.1, 0.15) is 46.0 Å². The molecule has 0 aliphatic carbocycles. The molecule has 0 aromatic rings. The molecule has 1 atom stereocenters. The molecule has 17 heavy (non-hydrogen) atoms. The van der Waals surface area contributed by atoms with Gasteiger partial charge in [0, 0.05) is 31.8 Å². The summed E-state index contributed by atoms with van der Waals surface area (Å²) in [4.78, 5) is 2.59. The predicted molar refractivity (Wildman–Crippen MR) is 73.5 cm³/mol. The first kappa shape index (κ1) is 14.9. The van der Waals surface area contributed by atoms with Crippen molar-refractivity contribution in [1.82, 2.24) is 10.2 Å². The number of hydrogen-bond acceptors (Lipinski definition) is 3. The van der Waals surface area contributed by atoms with Gasteiger partial charge in [-0.15, -0.1) is 0 Å². The van der Waals surface area contributed by atoms with Gasteiger partial charge in [-0.2, -0.15) is 0 Å². The van der Waals surface area contributed by atoms with Crippen LogP contribution in [-0.2, 0) is 4.74 Å². The van der Waals surface area contributed by atoms with Crippen LogP contribution < -0.4 is 5.32 Å². The third-order valence-electron chi connectivity index (χ3n) is 3.77. The highest BCUT2D eigenvalue weighted by molar-refractivity contribution is 4.79. The van der Waals surface area contributed by atoms with Crippen molar-refractivity contribution in [2.24, 2.45) is 0 Å². The van der Waals surface area contributed by atoms with E-state index in [4.69, 9.17) is 4.74 Å². The quantitative estimate of drug-likeness (QED) is 0.661. The summed E-state index contributed by atoms with van der Waals surface area (Å²) in [7, 11) is 2.30. The zero-order valence-corrected chi connectivity index (χ0v) is 11.9. The highest BCUT2D eigenvalue weighted by Gasteiger charge is 2.23. The number of nitrogens with one attached hydrogen (secondary N) is 1. The smallest absolute Gasteiger partial charge is 0.0480 e. The molecule has 0 spiro atoms. The van der Waals surface area contributed by atoms with Crippen molar-refractivity contribution < 1.29 is 4.74 Å². The first-order valence-corrected chi connectivity index (χ1v) is 7.30. The summed E-state index contributed by atoms with van der Waals surface area (Å²) in [6.07, 6.45) is 6.19. The maximum absolute atomic E-state index is 5.45. The average Bonchev–Trinajstić information content (AvgIpc) is 2.38. The Morgan fingerprint density at radius 1 is 1.24 bits per heavy atom. The fourth-order valence-corrected chi connectivity index (χ4v) is 2.62. The van der Waals surface area contributed by atoms with Crippen LogP contribution >= 0.6 is 0 Å². The molecule has 1 unspecified atom stereocenters. The average molecular weight is 242 g/mol. The summed E-state index contributed by atoms with van der Waals surface area (Å²) < 4.78 is 5.45. The van der Waals surface area contributed by atoms with Crippen molar-refractivity contribution >= 4 is 0 Å². The molecule has 3 heteroatoms. The van der Waals surface area contributed by atoms with Crippen LogP contribution in [0.15, 0.2) is 0 Å². The molecule has 3 nitrogen and oxygen atoms in total. The van der Waals surface area contributed by atoms with Crippen molar-refractivity contribution in [1.29, 1.82) is 0 Å². The van der Waals surface area contributed by atoms with Crippen LogP contribution in [0.5, 0.6) is 0 Å². The van der Waals surface area contributed by atoms with E-state index in [1.807, 2.05) is 0 Å². The van der Waals surface area contributed by atoms with E-state index in [0.717, 1.165) is 32.3 Å². The summed E-state index contributed by atoms with van der Waals surface area (Å²) in [5, 5.41) is 3.57. The number of likely N-dealkylation sites (N-methyl/N-ethyl adjacent to an activating group) is 1. The molecule has 1 saturated heterocycles. The predicted octanol–water partition coefficient (Wildman–Crippen LogP) is 2.27. The van der Waals surface area contributed by atoms with Gasteiger partial charge in [0.15, 0.2) is 0 Å². The largest absolute Gasteiger partial charge is 0.381 e. The minimum Gasteiger partial charge on any atom is -0.381 e. The first-order chi connectivity index (χ1) is 8.29. The van der Waals surface area contributed by atoms with Gasteiger partial charge in [-0.25, -0.2) is 0 Å². The van der Waals surface area contributed by atoms with Gasteiger partial charge < -0.3 is 10.1 Å². The molecular weight excluding hydrogens is 212 g/mol. The Labute approximate surface area is 107 Å². The molecule has 0 saturated carbocycles. The van der Waals surface area contributed by atoms with Gasteiger partial charge in [0.05, 0.1) is 0 Å². The molecule has 1 aliphatic heterocycles. The Kier molecular flexibility index (Phi) is 7.82. The maximum Gasteiger partial charge on any atom is 0.0480 e. The van der Waals surface area contributed by atoms with Crippen molar-refractivity contribution in [2.45, 2.75) is 58.0 Å². The lowest BCUT2D eigenvalue weighted by atomic mass is 10.0. The van der Waals surface area contributed by atoms with E-state index in [1.165, 1.54) is 32.1 Å². The number of hydrogen-bond donors (Lipinski definition) is 1. The van der Waals surface area contributed by atoms with Gasteiger partial charge in [-0.05, 0) is 39.3 Å². The second kappa shape index (κ2) is 8.90. The van der Waals surface area contributed by atoms with Gasteiger partial charge in [0.25, 0.3) is 0 Å². The molecular formula is C14H30N2O. The molecule has 1 aliphatic rings. The standard InChI is InChI=1S/C14H30N2O/c1-4-6-14(12-15-9-5-2)16(3)13-7-10-17-11-8-13/h13-15H,4-12H2,1-3H3. The van der Waals surface area contributed by atoms with Crippen LogP contribution in [0, 0.1) is 0 Å². The second-order valence-electron chi connectivity index (χ2n) is 5.16. The summed E-state index contributed by atoms with van der Waals surface area (Å²) in [5.74, 6) is 0. The molecule has 102 valence electrons. The first-order valence-electron chi connectivity index (χ1n) is 7.30. The van der Waals surface area contributed by atoms with Crippen molar-refractivity contribution in [3.05, 3.63) is 0 Å². The fourth-order valence-electron chi connectivity index (χ4n) is 2.62. The van der Waals surface area contributed by atoms with E-state index in [0.29, 0.717) is 6.04 Å². The normalized spacial score (nSPS) is 19.8. The minimum atomic E-state index is 0.689. The maximum atomic E-state index is 5.45. The molecule has 1 N–H and O–H groups in total. The van der Waals surface area contributed by atoms with E-state index < -0.39 is 0 Å². The lowest BCUT2D eigenvalue weighted by Gasteiger charge is -2.37. The molecule has 0 aromatic heterocycles. The third-order valence-corrected chi connectivity index (χ3v) is 3.77. The molecule has 0 aromatic carbocycles. The SMILES string of the molecule is CCCNCC(CCC)N(C)C1CCOCC1. The zero-order chi connectivity index (χ0) is 12.5. The van der Waals surface area contributed by atoms with E-state index in [1.54, 1.807) is 0 Å². The summed E-state index contributed by atoms with van der Waals surface area (Å²) in [5.41, 5.74) is 0. The Morgan fingerprint density at radius 2 is 1.94 bits per heavy atom. The molecule has 1 rings (SSSR count). The molecule has 0 amide bonds. The van der Waals surface area contributed by atoms with E-state index >= 15 is 0 Å². The van der Waals surface area contributed by atoms with Crippen LogP contribution in [0.2, 0.25) is 0 Å². The van der Waals surface area contributed by atoms with Gasteiger partial charge >= 0.3 is 0 Å². The van der Waals surface area contributed by atoms with Crippen LogP contribution in [0.4, 0.5) is 0 Å². The summed E-state index contributed by atoms with van der Waals surface area (Å²) in [6.45, 7) is 8.67. The minimum absolute atomic E-state index is 0.689. The van der Waals surface area contributed by atoms with Gasteiger partial charge in [-0.1, -0.05) is 20.3 Å².